The number of hydrogen-bond donors (Lipinski definition) is 3. The maximum Gasteiger partial charge on any atom is 0.220 e. The SMILES string of the molecule is O=C(CCS)NCCCC(=O)NCCc1ccccc1. The normalized spacial score (nSPS) is 10.1. The second-order valence-corrected chi connectivity index (χ2v) is 4.96. The Morgan fingerprint density at radius 2 is 1.60 bits per heavy atom. The lowest BCUT2D eigenvalue weighted by Gasteiger charge is -2.06. The lowest BCUT2D eigenvalue weighted by molar-refractivity contribution is -0.122. The zero-order valence-electron chi connectivity index (χ0n) is 11.6. The van der Waals surface area contributed by atoms with Gasteiger partial charge in [0.2, 0.25) is 11.8 Å². The Labute approximate surface area is 125 Å². The van der Waals surface area contributed by atoms with Gasteiger partial charge < -0.3 is 10.6 Å². The van der Waals surface area contributed by atoms with Gasteiger partial charge in [-0.2, -0.15) is 12.6 Å². The van der Waals surface area contributed by atoms with Gasteiger partial charge in [0.15, 0.2) is 0 Å². The highest BCUT2D eigenvalue weighted by Gasteiger charge is 2.02. The van der Waals surface area contributed by atoms with Crippen LogP contribution in [0.25, 0.3) is 0 Å². The summed E-state index contributed by atoms with van der Waals surface area (Å²) in [6.07, 6.45) is 2.36. The average Bonchev–Trinajstić information content (AvgIpc) is 2.45. The zero-order valence-corrected chi connectivity index (χ0v) is 12.5. The van der Waals surface area contributed by atoms with Crippen LogP contribution in [-0.4, -0.2) is 30.7 Å². The van der Waals surface area contributed by atoms with Crippen molar-refractivity contribution < 1.29 is 9.59 Å². The molecule has 0 atom stereocenters. The van der Waals surface area contributed by atoms with E-state index in [1.807, 2.05) is 30.3 Å². The highest BCUT2D eigenvalue weighted by Crippen LogP contribution is 1.98. The van der Waals surface area contributed by atoms with E-state index >= 15 is 0 Å². The zero-order chi connectivity index (χ0) is 14.6. The van der Waals surface area contributed by atoms with E-state index in [9.17, 15) is 9.59 Å². The molecule has 0 bridgehead atoms. The van der Waals surface area contributed by atoms with Crippen molar-refractivity contribution in [3.8, 4) is 0 Å². The van der Waals surface area contributed by atoms with E-state index in [2.05, 4.69) is 23.3 Å². The Hall–Kier alpha value is -1.49. The number of rotatable bonds is 9. The average molecular weight is 294 g/mol. The molecule has 5 heteroatoms. The van der Waals surface area contributed by atoms with Crippen LogP contribution in [0.1, 0.15) is 24.8 Å². The van der Waals surface area contributed by atoms with Gasteiger partial charge in [0, 0.05) is 25.9 Å². The van der Waals surface area contributed by atoms with Crippen molar-refractivity contribution in [3.63, 3.8) is 0 Å². The molecule has 0 aliphatic heterocycles. The highest BCUT2D eigenvalue weighted by atomic mass is 32.1. The predicted octanol–water partition coefficient (Wildman–Crippen LogP) is 1.56. The molecule has 0 aromatic heterocycles. The maximum absolute atomic E-state index is 11.6. The first-order valence-electron chi connectivity index (χ1n) is 6.90. The quantitative estimate of drug-likeness (QED) is 0.478. The second kappa shape index (κ2) is 10.3. The summed E-state index contributed by atoms with van der Waals surface area (Å²) < 4.78 is 0. The van der Waals surface area contributed by atoms with E-state index in [1.165, 1.54) is 5.56 Å². The molecule has 0 aliphatic rings. The summed E-state index contributed by atoms with van der Waals surface area (Å²) in [5, 5.41) is 5.63. The van der Waals surface area contributed by atoms with Gasteiger partial charge in [-0.15, -0.1) is 0 Å². The number of nitrogens with one attached hydrogen (secondary N) is 2. The fraction of sp³-hybridized carbons (Fsp3) is 0.467. The number of hydrogen-bond acceptors (Lipinski definition) is 3. The van der Waals surface area contributed by atoms with E-state index < -0.39 is 0 Å². The van der Waals surface area contributed by atoms with Gasteiger partial charge in [-0.3, -0.25) is 9.59 Å². The van der Waals surface area contributed by atoms with E-state index in [0.29, 0.717) is 38.1 Å². The minimum Gasteiger partial charge on any atom is -0.356 e. The van der Waals surface area contributed by atoms with Gasteiger partial charge in [-0.05, 0) is 24.2 Å². The highest BCUT2D eigenvalue weighted by molar-refractivity contribution is 7.80. The summed E-state index contributed by atoms with van der Waals surface area (Å²) in [6, 6.07) is 10.0. The predicted molar refractivity (Wildman–Crippen MR) is 83.9 cm³/mol. The number of carbonyl (C=O) groups excluding carboxylic acids is 2. The van der Waals surface area contributed by atoms with Gasteiger partial charge >= 0.3 is 0 Å². The smallest absolute Gasteiger partial charge is 0.220 e. The van der Waals surface area contributed by atoms with Crippen LogP contribution >= 0.6 is 12.6 Å². The Morgan fingerprint density at radius 1 is 0.950 bits per heavy atom. The van der Waals surface area contributed by atoms with Crippen molar-refractivity contribution in [2.75, 3.05) is 18.8 Å². The van der Waals surface area contributed by atoms with Crippen LogP contribution in [0.5, 0.6) is 0 Å². The lowest BCUT2D eigenvalue weighted by atomic mass is 10.1. The Morgan fingerprint density at radius 3 is 2.30 bits per heavy atom. The molecule has 1 aromatic carbocycles. The van der Waals surface area contributed by atoms with Crippen LogP contribution in [0, 0.1) is 0 Å². The summed E-state index contributed by atoms with van der Waals surface area (Å²) in [5.74, 6) is 0.570. The fourth-order valence-electron chi connectivity index (χ4n) is 1.75. The Kier molecular flexibility index (Phi) is 8.54. The van der Waals surface area contributed by atoms with Crippen LogP contribution < -0.4 is 10.6 Å². The van der Waals surface area contributed by atoms with E-state index in [4.69, 9.17) is 0 Å². The molecular formula is C15H22N2O2S. The molecule has 0 aliphatic carbocycles. The van der Waals surface area contributed by atoms with Crippen LogP contribution in [0.4, 0.5) is 0 Å². The number of amides is 2. The molecule has 0 radical (unpaired) electrons. The van der Waals surface area contributed by atoms with Gasteiger partial charge in [-0.25, -0.2) is 0 Å². The molecule has 0 fully saturated rings. The van der Waals surface area contributed by atoms with Gasteiger partial charge in [0.1, 0.15) is 0 Å². The van der Waals surface area contributed by atoms with Crippen molar-refractivity contribution in [2.45, 2.75) is 25.7 Å². The molecule has 0 saturated heterocycles. The second-order valence-electron chi connectivity index (χ2n) is 4.51. The lowest BCUT2D eigenvalue weighted by Crippen LogP contribution is -2.28. The van der Waals surface area contributed by atoms with Crippen molar-refractivity contribution in [1.29, 1.82) is 0 Å². The van der Waals surface area contributed by atoms with Crippen molar-refractivity contribution in [2.24, 2.45) is 0 Å². The molecule has 1 aromatic rings. The fourth-order valence-corrected chi connectivity index (χ4v) is 1.95. The van der Waals surface area contributed by atoms with Crippen LogP contribution in [-0.2, 0) is 16.0 Å². The minimum absolute atomic E-state index is 0.00974. The largest absolute Gasteiger partial charge is 0.356 e. The van der Waals surface area contributed by atoms with Crippen LogP contribution in [0.2, 0.25) is 0 Å². The molecule has 4 nitrogen and oxygen atoms in total. The Balaban J connectivity index is 2.02. The van der Waals surface area contributed by atoms with Crippen LogP contribution in [0.15, 0.2) is 30.3 Å². The van der Waals surface area contributed by atoms with E-state index in [1.54, 1.807) is 0 Å². The molecule has 0 saturated carbocycles. The van der Waals surface area contributed by atoms with E-state index in [0.717, 1.165) is 6.42 Å². The summed E-state index contributed by atoms with van der Waals surface area (Å²) in [4.78, 5) is 22.7. The third-order valence-electron chi connectivity index (χ3n) is 2.82. The summed E-state index contributed by atoms with van der Waals surface area (Å²) >= 11 is 3.98. The third kappa shape index (κ3) is 7.84. The molecule has 0 spiro atoms. The van der Waals surface area contributed by atoms with Crippen molar-refractivity contribution in [1.82, 2.24) is 10.6 Å². The molecule has 0 heterocycles. The molecule has 2 N–H and O–H groups in total. The molecule has 2 amide bonds. The minimum atomic E-state index is -0.00974. The van der Waals surface area contributed by atoms with Crippen molar-refractivity contribution in [3.05, 3.63) is 35.9 Å². The number of thiol groups is 1. The molecule has 1 rings (SSSR count). The molecule has 0 unspecified atom stereocenters. The van der Waals surface area contributed by atoms with Gasteiger partial charge in [0.25, 0.3) is 0 Å². The molecule has 20 heavy (non-hydrogen) atoms. The third-order valence-corrected chi connectivity index (χ3v) is 3.04. The first kappa shape index (κ1) is 16.6. The van der Waals surface area contributed by atoms with Crippen LogP contribution in [0.3, 0.4) is 0 Å². The molecule has 110 valence electrons. The van der Waals surface area contributed by atoms with E-state index in [-0.39, 0.29) is 11.8 Å². The first-order chi connectivity index (χ1) is 9.72. The monoisotopic (exact) mass is 294 g/mol. The standard InChI is InChI=1S/C15H22N2O2S/c18-14(7-4-10-16-15(19)9-12-20)17-11-8-13-5-2-1-3-6-13/h1-3,5-6,20H,4,7-12H2,(H,16,19)(H,17,18). The Bertz CT molecular complexity index is 410. The summed E-state index contributed by atoms with van der Waals surface area (Å²) in [7, 11) is 0. The first-order valence-corrected chi connectivity index (χ1v) is 7.54. The van der Waals surface area contributed by atoms with Crippen molar-refractivity contribution >= 4 is 24.4 Å². The topological polar surface area (TPSA) is 58.2 Å². The maximum atomic E-state index is 11.6. The van der Waals surface area contributed by atoms with Gasteiger partial charge in [-0.1, -0.05) is 30.3 Å². The van der Waals surface area contributed by atoms with Gasteiger partial charge in [0.05, 0.1) is 0 Å². The number of benzene rings is 1. The molecular weight excluding hydrogens is 272 g/mol. The number of carbonyl (C=O) groups is 2. The summed E-state index contributed by atoms with van der Waals surface area (Å²) in [5.41, 5.74) is 1.21. The summed E-state index contributed by atoms with van der Waals surface area (Å²) in [6.45, 7) is 1.19.